The van der Waals surface area contributed by atoms with Crippen LogP contribution in [0.1, 0.15) is 47.9 Å². The van der Waals surface area contributed by atoms with E-state index in [0.717, 1.165) is 226 Å². The van der Waals surface area contributed by atoms with Gasteiger partial charge in [0.25, 0.3) is 0 Å². The predicted molar refractivity (Wildman–Crippen MR) is 447 cm³/mol. The largest absolute Gasteiger partial charge is 0.497 e. The fourth-order valence-corrected chi connectivity index (χ4v) is 13.7. The first-order chi connectivity index (χ1) is 53.5. The summed E-state index contributed by atoms with van der Waals surface area (Å²) in [5.41, 5.74) is 16.0. The second-order valence-electron chi connectivity index (χ2n) is 27.1. The van der Waals surface area contributed by atoms with Gasteiger partial charge < -0.3 is 62.6 Å². The van der Waals surface area contributed by atoms with E-state index in [1.54, 1.807) is 101 Å². The third-order valence-electron chi connectivity index (χ3n) is 20.0. The number of likely N-dealkylation sites (tertiary alicyclic amines) is 1. The number of piperidine rings is 1. The lowest BCUT2D eigenvalue weighted by molar-refractivity contribution is -0.130. The summed E-state index contributed by atoms with van der Waals surface area (Å²) in [7, 11) is 15.6. The number of anilines is 6. The molecule has 0 radical (unpaired) electrons. The van der Waals surface area contributed by atoms with Gasteiger partial charge in [0, 0.05) is 237 Å². The Labute approximate surface area is 661 Å². The van der Waals surface area contributed by atoms with Gasteiger partial charge in [-0.25, -0.2) is 19.9 Å². The number of ether oxygens (including phenoxy) is 6. The molecule has 15 rings (SSSR count). The normalized spacial score (nSPS) is 13.0. The van der Waals surface area contributed by atoms with Crippen molar-refractivity contribution in [2.24, 2.45) is 27.1 Å². The molecule has 9 heterocycles. The smallest absolute Gasteiger partial charge is 0.219 e. The molecule has 6 aromatic carbocycles. The van der Waals surface area contributed by atoms with Gasteiger partial charge in [-0.3, -0.25) is 38.7 Å². The fourth-order valence-electron chi connectivity index (χ4n) is 13.7. The summed E-state index contributed by atoms with van der Waals surface area (Å²) in [5.74, 6) is 5.90. The van der Waals surface area contributed by atoms with Crippen molar-refractivity contribution in [2.45, 2.75) is 55.5 Å². The van der Waals surface area contributed by atoms with E-state index in [-0.39, 0.29) is 34.8 Å². The number of nitrogens with zero attached hydrogens (tertiary/aromatic N) is 20. The third kappa shape index (κ3) is 20.5. The summed E-state index contributed by atoms with van der Waals surface area (Å²) >= 11 is 0. The molecule has 28 heteroatoms. The van der Waals surface area contributed by atoms with Gasteiger partial charge in [0.05, 0.1) is 130 Å². The average molecular weight is 1540 g/mol. The Kier molecular flexibility index (Phi) is 28.4. The van der Waals surface area contributed by atoms with Crippen LogP contribution in [0, 0.1) is 12.8 Å². The molecule has 2 aliphatic rings. The standard InChI is InChI=1S/C28H33N7O3.C28H34N6O3.C26H27N7O2.3CH4/c1-20(36)34-10-7-33(8-11-34)9-12-35(23-13-24(37-3)16-25(14-23)38-4)22-5-6-26-27(15-22)31-28(18-29-26)21-17-30-32(2)19-21;1-32-18-21(16-30-32)28-17-29-26-5-4-22(14-27(26)31-28)34(11-10-33-8-6-20(19-35)7-9-33)23-12-24(36-2)15-25(13-23)37-3;1-18-27-7-8-32(18)9-10-33(21-11-22(34-3)14-23(12-21)35-4)20-5-6-24-25(13-20)30-26(16-28-24)19-15-29-31(2)17-19;;;/h5-6,13-19H,7-12H2,1-4H3;4-5,12-18,20,35H,6-11,19H2,1-3H3;5-8,11-17H,9-10H2,1-4H3;3*1H4. The summed E-state index contributed by atoms with van der Waals surface area (Å²) < 4.78 is 40.7. The minimum Gasteiger partial charge on any atom is -0.497 e. The van der Waals surface area contributed by atoms with Gasteiger partial charge in [-0.1, -0.05) is 22.3 Å². The number of rotatable bonds is 25. The van der Waals surface area contributed by atoms with E-state index in [1.807, 2.05) is 137 Å². The maximum absolute atomic E-state index is 11.7. The molecular weight excluding hydrogens is 1430 g/mol. The van der Waals surface area contributed by atoms with Crippen LogP contribution in [0.2, 0.25) is 0 Å². The number of imidazole rings is 1. The summed E-state index contributed by atoms with van der Waals surface area (Å²) in [5, 5.41) is 22.3. The molecular formula is C85H106N20O8. The minimum absolute atomic E-state index is 0. The van der Waals surface area contributed by atoms with Gasteiger partial charge in [0.15, 0.2) is 0 Å². The quantitative estimate of drug-likeness (QED) is 0.0557. The van der Waals surface area contributed by atoms with Crippen molar-refractivity contribution < 1.29 is 38.3 Å². The SMILES string of the molecule is C.C.C.COc1cc(OC)cc(N(CCN2CCC(CO)CC2)c2ccc3ncc(-c4cnn(C)c4)nc3c2)c1.COc1cc(OC)cc(N(CCN2CCN(C(C)=O)CC2)c2ccc3ncc(-c4cnn(C)c4)nc3c2)c1.COc1cc(OC)cc(N(CCn2ccnc2C)c2ccc3ncc(-c4cnn(C)c4)nc3c2)c1. The van der Waals surface area contributed by atoms with Gasteiger partial charge in [-0.2, -0.15) is 15.3 Å². The molecule has 113 heavy (non-hydrogen) atoms. The number of benzene rings is 6. The third-order valence-corrected chi connectivity index (χ3v) is 20.0. The Morgan fingerprint density at radius 2 is 0.761 bits per heavy atom. The van der Waals surface area contributed by atoms with Gasteiger partial charge >= 0.3 is 0 Å². The monoisotopic (exact) mass is 1530 g/mol. The second kappa shape index (κ2) is 38.6. The number of amides is 1. The van der Waals surface area contributed by atoms with Crippen LogP contribution in [0.4, 0.5) is 34.1 Å². The van der Waals surface area contributed by atoms with Gasteiger partial charge in [0.2, 0.25) is 5.91 Å². The first-order valence-electron chi connectivity index (χ1n) is 36.6. The molecule has 28 nitrogen and oxygen atoms in total. The Hall–Kier alpha value is -12.3. The van der Waals surface area contributed by atoms with Crippen molar-refractivity contribution in [1.82, 2.24) is 83.5 Å². The maximum Gasteiger partial charge on any atom is 0.219 e. The molecule has 594 valence electrons. The molecule has 2 fully saturated rings. The molecule has 2 aliphatic heterocycles. The molecule has 0 saturated carbocycles. The molecule has 1 N–H and O–H groups in total. The van der Waals surface area contributed by atoms with Crippen LogP contribution in [-0.2, 0) is 32.5 Å². The number of methoxy groups -OCH3 is 6. The number of hydrogen-bond donors (Lipinski definition) is 1. The highest BCUT2D eigenvalue weighted by atomic mass is 16.5. The lowest BCUT2D eigenvalue weighted by Gasteiger charge is -2.36. The zero-order valence-corrected chi connectivity index (χ0v) is 64.2. The van der Waals surface area contributed by atoms with Crippen LogP contribution < -0.4 is 43.1 Å². The highest BCUT2D eigenvalue weighted by Crippen LogP contribution is 2.39. The van der Waals surface area contributed by atoms with Crippen molar-refractivity contribution in [3.63, 3.8) is 0 Å². The van der Waals surface area contributed by atoms with Gasteiger partial charge in [-0.05, 0) is 93.4 Å². The van der Waals surface area contributed by atoms with Crippen molar-refractivity contribution in [2.75, 3.05) is 136 Å². The number of hydrogen-bond acceptors (Lipinski definition) is 23. The number of aliphatic hydroxyl groups excluding tert-OH is 1. The molecule has 7 aromatic heterocycles. The molecule has 0 atom stereocenters. The maximum atomic E-state index is 11.7. The molecule has 13 aromatic rings. The Morgan fingerprint density at radius 3 is 1.05 bits per heavy atom. The first kappa shape index (κ1) is 83.2. The van der Waals surface area contributed by atoms with Crippen LogP contribution in [0.5, 0.6) is 34.5 Å². The summed E-state index contributed by atoms with van der Waals surface area (Å²) in [6.45, 7) is 13.8. The zero-order chi connectivity index (χ0) is 76.8. The lowest BCUT2D eigenvalue weighted by Crippen LogP contribution is -2.49. The number of aliphatic hydroxyl groups is 1. The number of carbonyl (C=O) groups is 1. The van der Waals surface area contributed by atoms with Crippen molar-refractivity contribution in [3.8, 4) is 68.3 Å². The van der Waals surface area contributed by atoms with Crippen molar-refractivity contribution >= 4 is 73.1 Å². The Balaban J connectivity index is 0.000000177. The second-order valence-corrected chi connectivity index (χ2v) is 27.1. The molecule has 0 spiro atoms. The van der Waals surface area contributed by atoms with Gasteiger partial charge in [-0.15, -0.1) is 0 Å². The predicted octanol–water partition coefficient (Wildman–Crippen LogP) is 13.5. The van der Waals surface area contributed by atoms with E-state index in [4.69, 9.17) is 43.4 Å². The van der Waals surface area contributed by atoms with Crippen molar-refractivity contribution in [1.29, 1.82) is 0 Å². The van der Waals surface area contributed by atoms with Gasteiger partial charge in [0.1, 0.15) is 40.3 Å². The summed E-state index contributed by atoms with van der Waals surface area (Å²) in [6, 6.07) is 36.2. The Morgan fingerprint density at radius 1 is 0.425 bits per heavy atom. The number of piperazine rings is 1. The topological polar surface area (TPSA) is 261 Å². The number of fused-ring (bicyclic) bond motifs is 3. The highest BCUT2D eigenvalue weighted by Gasteiger charge is 2.25. The van der Waals surface area contributed by atoms with Crippen LogP contribution >= 0.6 is 0 Å². The van der Waals surface area contributed by atoms with Crippen LogP contribution in [0.25, 0.3) is 66.9 Å². The lowest BCUT2D eigenvalue weighted by atomic mass is 9.98. The van der Waals surface area contributed by atoms with E-state index < -0.39 is 0 Å². The molecule has 0 bridgehead atoms. The minimum atomic E-state index is 0. The van der Waals surface area contributed by atoms with E-state index in [0.29, 0.717) is 12.5 Å². The zero-order valence-electron chi connectivity index (χ0n) is 64.2. The summed E-state index contributed by atoms with van der Waals surface area (Å²) in [6.07, 6.45) is 22.4. The van der Waals surface area contributed by atoms with E-state index in [9.17, 15) is 9.90 Å². The van der Waals surface area contributed by atoms with E-state index >= 15 is 0 Å². The molecule has 1 amide bonds. The summed E-state index contributed by atoms with van der Waals surface area (Å²) in [4.78, 5) is 58.2. The van der Waals surface area contributed by atoms with Crippen LogP contribution in [0.3, 0.4) is 0 Å². The molecule has 0 aliphatic carbocycles. The highest BCUT2D eigenvalue weighted by molar-refractivity contribution is 5.86. The number of aromatic nitrogens is 14. The fraction of sp³-hybridized carbons (Fsp3) is 0.353. The molecule has 0 unspecified atom stereocenters. The number of aryl methyl sites for hydroxylation is 4. The number of carbonyl (C=O) groups excluding carboxylic acids is 1. The van der Waals surface area contributed by atoms with Crippen LogP contribution in [-0.4, -0.2) is 216 Å². The average Bonchev–Trinajstić information content (AvgIpc) is 1.56. The molecule has 2 saturated heterocycles. The Bertz CT molecular complexity index is 5210. The van der Waals surface area contributed by atoms with Crippen molar-refractivity contribution in [3.05, 3.63) is 183 Å². The van der Waals surface area contributed by atoms with Crippen LogP contribution in [0.15, 0.2) is 177 Å². The first-order valence-corrected chi connectivity index (χ1v) is 36.6. The van der Waals surface area contributed by atoms with E-state index in [1.165, 1.54) is 0 Å². The van der Waals surface area contributed by atoms with E-state index in [2.05, 4.69) is 101 Å².